The molecule has 4 aromatic heterocycles. The minimum absolute atomic E-state index is 0.917. The Morgan fingerprint density at radius 3 is 2.81 bits per heavy atom. The van der Waals surface area contributed by atoms with Crippen molar-refractivity contribution >= 4 is 21.9 Å². The number of fused-ring (bicyclic) bond motifs is 3. The predicted octanol–water partition coefficient (Wildman–Crippen LogP) is 2.41. The average Bonchev–Trinajstić information content (AvgIpc) is 3.15. The van der Waals surface area contributed by atoms with Crippen LogP contribution in [0.2, 0.25) is 0 Å². The van der Waals surface area contributed by atoms with Crippen molar-refractivity contribution in [1.82, 2.24) is 29.5 Å². The fraction of sp³-hybridized carbons (Fsp3) is 0.267. The minimum atomic E-state index is 0.917. The van der Waals surface area contributed by atoms with E-state index in [-0.39, 0.29) is 0 Å². The molecular formula is C15H16N6. The van der Waals surface area contributed by atoms with Gasteiger partial charge in [0, 0.05) is 49.0 Å². The first kappa shape index (κ1) is 12.1. The van der Waals surface area contributed by atoms with Crippen molar-refractivity contribution in [2.75, 3.05) is 0 Å². The van der Waals surface area contributed by atoms with Crippen LogP contribution in [0.5, 0.6) is 0 Å². The van der Waals surface area contributed by atoms with Gasteiger partial charge in [-0.3, -0.25) is 9.36 Å². The number of nitrogens with zero attached hydrogens (tertiary/aromatic N) is 5. The molecule has 0 aliphatic rings. The van der Waals surface area contributed by atoms with Crippen LogP contribution in [-0.4, -0.2) is 29.5 Å². The van der Waals surface area contributed by atoms with Crippen LogP contribution in [-0.2, 0) is 20.5 Å². The highest BCUT2D eigenvalue weighted by Crippen LogP contribution is 2.32. The molecule has 4 aromatic rings. The average molecular weight is 280 g/mol. The molecule has 0 spiro atoms. The monoisotopic (exact) mass is 280 g/mol. The molecule has 0 fully saturated rings. The summed E-state index contributed by atoms with van der Waals surface area (Å²) in [5.41, 5.74) is 5.25. The molecule has 0 atom stereocenters. The third-order valence-electron chi connectivity index (χ3n) is 3.94. The second kappa shape index (κ2) is 4.18. The number of rotatable bonds is 2. The van der Waals surface area contributed by atoms with Crippen molar-refractivity contribution in [3.8, 4) is 11.3 Å². The fourth-order valence-electron chi connectivity index (χ4n) is 2.94. The lowest BCUT2D eigenvalue weighted by Crippen LogP contribution is -1.91. The molecule has 6 nitrogen and oxygen atoms in total. The molecule has 0 amide bonds. The number of aryl methyl sites for hydroxylation is 3. The number of aromatic nitrogens is 6. The summed E-state index contributed by atoms with van der Waals surface area (Å²) >= 11 is 0. The molecule has 4 heterocycles. The number of aromatic amines is 1. The van der Waals surface area contributed by atoms with Crippen LogP contribution in [0.3, 0.4) is 0 Å². The van der Waals surface area contributed by atoms with E-state index >= 15 is 0 Å². The first-order valence-corrected chi connectivity index (χ1v) is 6.99. The van der Waals surface area contributed by atoms with Crippen molar-refractivity contribution in [1.29, 1.82) is 0 Å². The van der Waals surface area contributed by atoms with Crippen LogP contribution >= 0.6 is 0 Å². The van der Waals surface area contributed by atoms with Gasteiger partial charge in [-0.2, -0.15) is 10.2 Å². The van der Waals surface area contributed by atoms with Gasteiger partial charge in [0.25, 0.3) is 0 Å². The van der Waals surface area contributed by atoms with E-state index in [4.69, 9.17) is 0 Å². The number of hydrogen-bond donors (Lipinski definition) is 1. The quantitative estimate of drug-likeness (QED) is 0.613. The largest absolute Gasteiger partial charge is 0.346 e. The molecule has 0 aliphatic carbocycles. The van der Waals surface area contributed by atoms with Gasteiger partial charge < -0.3 is 4.98 Å². The van der Waals surface area contributed by atoms with E-state index in [2.05, 4.69) is 27.1 Å². The third kappa shape index (κ3) is 1.62. The van der Waals surface area contributed by atoms with Crippen LogP contribution in [0.4, 0.5) is 0 Å². The van der Waals surface area contributed by atoms with E-state index in [0.29, 0.717) is 0 Å². The van der Waals surface area contributed by atoms with Crippen molar-refractivity contribution in [3.05, 3.63) is 30.4 Å². The van der Waals surface area contributed by atoms with Gasteiger partial charge in [-0.1, -0.05) is 6.92 Å². The summed E-state index contributed by atoms with van der Waals surface area (Å²) < 4.78 is 3.73. The highest BCUT2D eigenvalue weighted by molar-refractivity contribution is 6.08. The Morgan fingerprint density at radius 1 is 1.24 bits per heavy atom. The molecule has 6 heteroatoms. The molecule has 4 rings (SSSR count). The summed E-state index contributed by atoms with van der Waals surface area (Å²) in [5.74, 6) is 0. The zero-order valence-electron chi connectivity index (χ0n) is 12.3. The van der Waals surface area contributed by atoms with Gasteiger partial charge in [-0.25, -0.2) is 4.98 Å². The van der Waals surface area contributed by atoms with Crippen molar-refractivity contribution in [2.24, 2.45) is 14.1 Å². The Labute approximate surface area is 121 Å². The maximum atomic E-state index is 4.69. The molecule has 0 unspecified atom stereocenters. The van der Waals surface area contributed by atoms with Crippen LogP contribution in [0.1, 0.15) is 12.5 Å². The lowest BCUT2D eigenvalue weighted by Gasteiger charge is -1.99. The topological polar surface area (TPSA) is 64.3 Å². The molecule has 106 valence electrons. The number of H-pyrrole nitrogens is 1. The highest BCUT2D eigenvalue weighted by atomic mass is 15.3. The number of pyridine rings is 1. The molecule has 0 aromatic carbocycles. The van der Waals surface area contributed by atoms with Gasteiger partial charge >= 0.3 is 0 Å². The molecule has 0 aliphatic heterocycles. The Hall–Kier alpha value is -2.63. The fourth-order valence-corrected chi connectivity index (χ4v) is 2.94. The van der Waals surface area contributed by atoms with Gasteiger partial charge in [0.2, 0.25) is 0 Å². The number of hydrogen-bond acceptors (Lipinski definition) is 3. The Kier molecular flexibility index (Phi) is 2.42. The molecule has 0 saturated carbocycles. The first-order valence-electron chi connectivity index (χ1n) is 6.99. The Bertz CT molecular complexity index is 955. The summed E-state index contributed by atoms with van der Waals surface area (Å²) in [4.78, 5) is 7.79. The van der Waals surface area contributed by atoms with Gasteiger partial charge in [0.05, 0.1) is 11.7 Å². The third-order valence-corrected chi connectivity index (χ3v) is 3.94. The van der Waals surface area contributed by atoms with E-state index in [0.717, 1.165) is 34.2 Å². The molecule has 21 heavy (non-hydrogen) atoms. The van der Waals surface area contributed by atoms with Gasteiger partial charge in [-0.05, 0) is 12.0 Å². The zero-order chi connectivity index (χ0) is 14.6. The van der Waals surface area contributed by atoms with Gasteiger partial charge in [0.15, 0.2) is 0 Å². The van der Waals surface area contributed by atoms with Crippen molar-refractivity contribution in [3.63, 3.8) is 0 Å². The molecular weight excluding hydrogens is 264 g/mol. The molecule has 0 radical (unpaired) electrons. The molecule has 1 N–H and O–H groups in total. The second-order valence-corrected chi connectivity index (χ2v) is 5.29. The van der Waals surface area contributed by atoms with E-state index in [1.807, 2.05) is 43.6 Å². The maximum Gasteiger partial charge on any atom is 0.139 e. The van der Waals surface area contributed by atoms with Crippen molar-refractivity contribution < 1.29 is 0 Å². The summed E-state index contributed by atoms with van der Waals surface area (Å²) in [7, 11) is 3.89. The zero-order valence-corrected chi connectivity index (χ0v) is 12.3. The smallest absolute Gasteiger partial charge is 0.139 e. The first-order chi connectivity index (χ1) is 10.2. The van der Waals surface area contributed by atoms with E-state index in [1.165, 1.54) is 10.9 Å². The van der Waals surface area contributed by atoms with Crippen LogP contribution in [0, 0.1) is 0 Å². The van der Waals surface area contributed by atoms with E-state index in [1.54, 1.807) is 4.68 Å². The van der Waals surface area contributed by atoms with Crippen LogP contribution in [0.25, 0.3) is 33.2 Å². The Balaban J connectivity index is 2.12. The summed E-state index contributed by atoms with van der Waals surface area (Å²) in [6.45, 7) is 2.15. The highest BCUT2D eigenvalue weighted by Gasteiger charge is 2.17. The second-order valence-electron chi connectivity index (χ2n) is 5.29. The van der Waals surface area contributed by atoms with Crippen LogP contribution < -0.4 is 0 Å². The summed E-state index contributed by atoms with van der Waals surface area (Å²) in [6, 6.07) is 0. The van der Waals surface area contributed by atoms with E-state index < -0.39 is 0 Å². The maximum absolute atomic E-state index is 4.69. The molecule has 0 saturated heterocycles. The normalized spacial score (nSPS) is 11.8. The summed E-state index contributed by atoms with van der Waals surface area (Å²) in [5, 5.41) is 11.2. The van der Waals surface area contributed by atoms with Crippen LogP contribution in [0.15, 0.2) is 24.8 Å². The van der Waals surface area contributed by atoms with E-state index in [9.17, 15) is 0 Å². The Morgan fingerprint density at radius 2 is 2.10 bits per heavy atom. The SMILES string of the molecule is CCc1c[nH]c2ncc3c(-c4cnn(C)c4)nn(C)c3c12. The standard InChI is InChI=1S/C15H16N6/c1-4-9-5-16-15-12(9)14-11(7-17-15)13(19-21(14)3)10-6-18-20(2)8-10/h5-8H,4H2,1-3H3,(H,16,17). The minimum Gasteiger partial charge on any atom is -0.346 e. The van der Waals surface area contributed by atoms with Gasteiger partial charge in [-0.15, -0.1) is 0 Å². The lowest BCUT2D eigenvalue weighted by atomic mass is 10.1. The summed E-state index contributed by atoms with van der Waals surface area (Å²) in [6.07, 6.45) is 8.71. The van der Waals surface area contributed by atoms with Crippen molar-refractivity contribution in [2.45, 2.75) is 13.3 Å². The lowest BCUT2D eigenvalue weighted by molar-refractivity contribution is 0.767. The predicted molar refractivity (Wildman–Crippen MR) is 81.9 cm³/mol. The number of nitrogens with one attached hydrogen (secondary N) is 1. The van der Waals surface area contributed by atoms with Gasteiger partial charge in [0.1, 0.15) is 11.3 Å². The molecule has 0 bridgehead atoms.